The Balaban J connectivity index is 0.00000108. The molecule has 0 aromatic carbocycles. The summed E-state index contributed by atoms with van der Waals surface area (Å²) in [7, 11) is 0. The zero-order chi connectivity index (χ0) is 11.0. The number of aromatic nitrogens is 2. The van der Waals surface area contributed by atoms with Gasteiger partial charge in [0.25, 0.3) is 11.8 Å². The monoisotopic (exact) mass is 277 g/mol. The van der Waals surface area contributed by atoms with Crippen LogP contribution < -0.4 is 14.8 Å². The van der Waals surface area contributed by atoms with Crippen molar-refractivity contribution in [1.82, 2.24) is 14.1 Å². The Morgan fingerprint density at radius 1 is 1.35 bits per heavy atom. The van der Waals surface area contributed by atoms with Gasteiger partial charge in [0, 0.05) is 6.04 Å². The van der Waals surface area contributed by atoms with E-state index in [0.29, 0.717) is 24.4 Å². The van der Waals surface area contributed by atoms with Gasteiger partial charge in [0.1, 0.15) is 6.10 Å². The zero-order valence-electron chi connectivity index (χ0n) is 9.59. The number of rotatable bonds is 4. The minimum absolute atomic E-state index is 0. The van der Waals surface area contributed by atoms with Crippen LogP contribution in [-0.4, -0.2) is 34.0 Å². The van der Waals surface area contributed by atoms with E-state index in [9.17, 15) is 0 Å². The van der Waals surface area contributed by atoms with Crippen LogP contribution in [0.3, 0.4) is 0 Å². The molecular formula is C10H16ClN3O2S. The number of hydrogen-bond donors (Lipinski definition) is 1. The summed E-state index contributed by atoms with van der Waals surface area (Å²) in [5.74, 6) is 1.87. The standard InChI is InChI=1S/C10H15N3O2S.ClH/c1-2-14-9-10(13-16-12-9)15-8-4-6-3-7(8)11-5-6;/h6-8,11H,2-5H2,1H3;1H. The summed E-state index contributed by atoms with van der Waals surface area (Å²) in [6.45, 7) is 3.66. The van der Waals surface area contributed by atoms with Gasteiger partial charge in [-0.15, -0.1) is 21.2 Å². The van der Waals surface area contributed by atoms with E-state index in [2.05, 4.69) is 14.1 Å². The number of halogens is 1. The molecule has 2 fully saturated rings. The van der Waals surface area contributed by atoms with Crippen molar-refractivity contribution in [3.63, 3.8) is 0 Å². The van der Waals surface area contributed by atoms with Crippen molar-refractivity contribution in [2.24, 2.45) is 5.92 Å². The number of fused-ring (bicyclic) bond motifs is 2. The Hall–Kier alpha value is -0.590. The molecule has 1 aliphatic heterocycles. The van der Waals surface area contributed by atoms with Gasteiger partial charge in [-0.1, -0.05) is 0 Å². The van der Waals surface area contributed by atoms with Crippen LogP contribution >= 0.6 is 24.1 Å². The molecule has 2 aliphatic rings. The minimum Gasteiger partial charge on any atom is -0.473 e. The fourth-order valence-electron chi connectivity index (χ4n) is 2.54. The second kappa shape index (κ2) is 5.37. The molecule has 5 nitrogen and oxygen atoms in total. The lowest BCUT2D eigenvalue weighted by Crippen LogP contribution is -2.40. The molecule has 3 atom stereocenters. The van der Waals surface area contributed by atoms with Crippen molar-refractivity contribution in [2.75, 3.05) is 13.2 Å². The molecule has 3 rings (SSSR count). The van der Waals surface area contributed by atoms with Crippen LogP contribution in [0.2, 0.25) is 0 Å². The number of piperidine rings is 1. The summed E-state index contributed by atoms with van der Waals surface area (Å²) in [4.78, 5) is 0. The van der Waals surface area contributed by atoms with Crippen LogP contribution in [0.1, 0.15) is 19.8 Å². The SMILES string of the molecule is CCOc1nsnc1OC1CC2CNC1C2.Cl. The van der Waals surface area contributed by atoms with E-state index < -0.39 is 0 Å². The molecule has 1 N–H and O–H groups in total. The topological polar surface area (TPSA) is 56.3 Å². The average Bonchev–Trinajstić information content (AvgIpc) is 2.96. The van der Waals surface area contributed by atoms with Gasteiger partial charge in [-0.25, -0.2) is 0 Å². The highest BCUT2D eigenvalue weighted by Gasteiger charge is 2.41. The fraction of sp³-hybridized carbons (Fsp3) is 0.800. The van der Waals surface area contributed by atoms with Crippen LogP contribution in [0.15, 0.2) is 0 Å². The summed E-state index contributed by atoms with van der Waals surface area (Å²) >= 11 is 1.14. The van der Waals surface area contributed by atoms with E-state index in [-0.39, 0.29) is 18.5 Å². The van der Waals surface area contributed by atoms with Crippen LogP contribution in [-0.2, 0) is 0 Å². The van der Waals surface area contributed by atoms with Crippen molar-refractivity contribution < 1.29 is 9.47 Å². The third-order valence-electron chi connectivity index (χ3n) is 3.24. The minimum atomic E-state index is 0. The third kappa shape index (κ3) is 2.48. The summed E-state index contributed by atoms with van der Waals surface area (Å²) < 4.78 is 19.5. The molecule has 1 saturated carbocycles. The van der Waals surface area contributed by atoms with E-state index in [4.69, 9.17) is 9.47 Å². The maximum atomic E-state index is 5.88. The molecule has 2 heterocycles. The number of hydrogen-bond acceptors (Lipinski definition) is 6. The zero-order valence-corrected chi connectivity index (χ0v) is 11.2. The maximum absolute atomic E-state index is 5.88. The maximum Gasteiger partial charge on any atom is 0.291 e. The molecule has 7 heteroatoms. The molecule has 1 aromatic heterocycles. The smallest absolute Gasteiger partial charge is 0.291 e. The largest absolute Gasteiger partial charge is 0.473 e. The van der Waals surface area contributed by atoms with Gasteiger partial charge in [0.15, 0.2) is 0 Å². The molecule has 3 unspecified atom stereocenters. The first-order valence-electron chi connectivity index (χ1n) is 5.72. The molecule has 0 amide bonds. The highest BCUT2D eigenvalue weighted by molar-refractivity contribution is 6.99. The quantitative estimate of drug-likeness (QED) is 0.904. The highest BCUT2D eigenvalue weighted by Crippen LogP contribution is 2.35. The summed E-state index contributed by atoms with van der Waals surface area (Å²) in [6.07, 6.45) is 2.59. The van der Waals surface area contributed by atoms with Crippen LogP contribution in [0.25, 0.3) is 0 Å². The Morgan fingerprint density at radius 2 is 2.18 bits per heavy atom. The van der Waals surface area contributed by atoms with Crippen molar-refractivity contribution in [3.05, 3.63) is 0 Å². The molecular weight excluding hydrogens is 262 g/mol. The van der Waals surface area contributed by atoms with E-state index >= 15 is 0 Å². The predicted octanol–water partition coefficient (Wildman–Crippen LogP) is 1.49. The van der Waals surface area contributed by atoms with Gasteiger partial charge in [-0.3, -0.25) is 0 Å². The second-order valence-corrected chi connectivity index (χ2v) is 4.84. The van der Waals surface area contributed by atoms with Gasteiger partial charge >= 0.3 is 0 Å². The molecule has 96 valence electrons. The van der Waals surface area contributed by atoms with Crippen LogP contribution in [0, 0.1) is 5.92 Å². The second-order valence-electron chi connectivity index (χ2n) is 4.32. The van der Waals surface area contributed by atoms with E-state index in [1.165, 1.54) is 6.42 Å². The summed E-state index contributed by atoms with van der Waals surface area (Å²) in [5, 5.41) is 3.46. The van der Waals surface area contributed by atoms with Crippen molar-refractivity contribution in [2.45, 2.75) is 31.9 Å². The van der Waals surface area contributed by atoms with Crippen molar-refractivity contribution in [3.8, 4) is 11.8 Å². The van der Waals surface area contributed by atoms with Gasteiger partial charge in [-0.05, 0) is 32.2 Å². The van der Waals surface area contributed by atoms with E-state index in [1.54, 1.807) is 0 Å². The lowest BCUT2D eigenvalue weighted by Gasteiger charge is -2.22. The van der Waals surface area contributed by atoms with Gasteiger partial charge in [-0.2, -0.15) is 0 Å². The van der Waals surface area contributed by atoms with E-state index in [1.807, 2.05) is 6.92 Å². The third-order valence-corrected chi connectivity index (χ3v) is 3.74. The molecule has 1 aromatic rings. The lowest BCUT2D eigenvalue weighted by atomic mass is 10.1. The highest BCUT2D eigenvalue weighted by atomic mass is 35.5. The van der Waals surface area contributed by atoms with Gasteiger partial charge in [0.2, 0.25) is 0 Å². The Morgan fingerprint density at radius 3 is 2.82 bits per heavy atom. The molecule has 17 heavy (non-hydrogen) atoms. The van der Waals surface area contributed by atoms with Gasteiger partial charge < -0.3 is 14.8 Å². The molecule has 0 radical (unpaired) electrons. The van der Waals surface area contributed by atoms with Crippen molar-refractivity contribution >= 4 is 24.1 Å². The number of ether oxygens (including phenoxy) is 2. The lowest BCUT2D eigenvalue weighted by molar-refractivity contribution is 0.145. The summed E-state index contributed by atoms with van der Waals surface area (Å²) in [6, 6.07) is 0.487. The van der Waals surface area contributed by atoms with E-state index in [0.717, 1.165) is 30.6 Å². The number of nitrogens with one attached hydrogen (secondary N) is 1. The normalized spacial score (nSPS) is 30.1. The average molecular weight is 278 g/mol. The fourth-order valence-corrected chi connectivity index (χ4v) is 2.98. The first kappa shape index (κ1) is 12.9. The first-order chi connectivity index (χ1) is 7.86. The molecule has 2 bridgehead atoms. The predicted molar refractivity (Wildman–Crippen MR) is 67.3 cm³/mol. The molecule has 1 aliphatic carbocycles. The number of nitrogens with zero attached hydrogens (tertiary/aromatic N) is 2. The van der Waals surface area contributed by atoms with Crippen LogP contribution in [0.4, 0.5) is 0 Å². The van der Waals surface area contributed by atoms with Crippen LogP contribution in [0.5, 0.6) is 11.8 Å². The Labute approximate surface area is 111 Å². The summed E-state index contributed by atoms with van der Waals surface area (Å²) in [5.41, 5.74) is 0. The Bertz CT molecular complexity index is 376. The molecule has 0 spiro atoms. The molecule has 1 saturated heterocycles. The van der Waals surface area contributed by atoms with Gasteiger partial charge in [0.05, 0.1) is 18.3 Å². The first-order valence-corrected chi connectivity index (χ1v) is 6.45. The Kier molecular flexibility index (Phi) is 4.06. The van der Waals surface area contributed by atoms with Crippen molar-refractivity contribution in [1.29, 1.82) is 0 Å².